The van der Waals surface area contributed by atoms with Gasteiger partial charge in [-0.15, -0.1) is 0 Å². The normalized spacial score (nSPS) is 10.8. The first-order chi connectivity index (χ1) is 15.5. The summed E-state index contributed by atoms with van der Waals surface area (Å²) in [5.74, 6) is 1.98. The van der Waals surface area contributed by atoms with E-state index in [-0.39, 0.29) is 5.91 Å². The number of nitrogens with zero attached hydrogens (tertiary/aromatic N) is 2. The fourth-order valence-corrected chi connectivity index (χ4v) is 3.87. The van der Waals surface area contributed by atoms with Crippen molar-refractivity contribution in [3.8, 4) is 11.5 Å². The van der Waals surface area contributed by atoms with E-state index < -0.39 is 0 Å². The molecule has 4 rings (SSSR count). The Bertz CT molecular complexity index is 1230. The Hall–Kier alpha value is -3.80. The van der Waals surface area contributed by atoms with Gasteiger partial charge in [0.05, 0.1) is 36.8 Å². The third-order valence-corrected chi connectivity index (χ3v) is 5.27. The number of methoxy groups -OCH3 is 1. The van der Waals surface area contributed by atoms with Crippen LogP contribution in [0.1, 0.15) is 27.3 Å². The number of hydrogen-bond donors (Lipinski definition) is 1. The monoisotopic (exact) mass is 429 g/mol. The number of aryl methyl sites for hydroxylation is 2. The van der Waals surface area contributed by atoms with Gasteiger partial charge < -0.3 is 19.4 Å². The second-order valence-electron chi connectivity index (χ2n) is 7.72. The van der Waals surface area contributed by atoms with Crippen molar-refractivity contribution in [3.63, 3.8) is 0 Å². The van der Waals surface area contributed by atoms with Crippen molar-refractivity contribution in [3.05, 3.63) is 89.2 Å². The van der Waals surface area contributed by atoms with Crippen molar-refractivity contribution >= 4 is 16.9 Å². The van der Waals surface area contributed by atoms with E-state index in [9.17, 15) is 4.79 Å². The fourth-order valence-electron chi connectivity index (χ4n) is 3.87. The van der Waals surface area contributed by atoms with Gasteiger partial charge in [0, 0.05) is 0 Å². The maximum Gasteiger partial charge on any atom is 0.255 e. The number of para-hydroxylation sites is 3. The molecule has 0 saturated heterocycles. The molecule has 32 heavy (non-hydrogen) atoms. The number of aromatic nitrogens is 2. The molecule has 0 aliphatic heterocycles. The molecule has 1 N–H and O–H groups in total. The molecule has 0 unspecified atom stereocenters. The summed E-state index contributed by atoms with van der Waals surface area (Å²) in [6.45, 7) is 5.54. The van der Waals surface area contributed by atoms with Gasteiger partial charge in [-0.3, -0.25) is 4.79 Å². The molecule has 1 amide bonds. The molecule has 1 aromatic heterocycles. The second-order valence-corrected chi connectivity index (χ2v) is 7.72. The number of amides is 1. The summed E-state index contributed by atoms with van der Waals surface area (Å²) in [5, 5.41) is 2.97. The van der Waals surface area contributed by atoms with E-state index in [4.69, 9.17) is 14.5 Å². The highest BCUT2D eigenvalue weighted by Gasteiger charge is 2.15. The lowest BCUT2D eigenvalue weighted by Gasteiger charge is -2.13. The molecule has 0 bridgehead atoms. The molecule has 6 heteroatoms. The molecule has 0 radical (unpaired) electrons. The molecule has 164 valence electrons. The second kappa shape index (κ2) is 9.56. The van der Waals surface area contributed by atoms with Crippen molar-refractivity contribution in [2.24, 2.45) is 0 Å². The number of imidazole rings is 1. The highest BCUT2D eigenvalue weighted by molar-refractivity contribution is 5.96. The first-order valence-corrected chi connectivity index (χ1v) is 10.6. The lowest BCUT2D eigenvalue weighted by atomic mass is 10.1. The van der Waals surface area contributed by atoms with Crippen molar-refractivity contribution in [2.75, 3.05) is 13.7 Å². The van der Waals surface area contributed by atoms with Crippen LogP contribution < -0.4 is 14.8 Å². The highest BCUT2D eigenvalue weighted by atomic mass is 16.5. The van der Waals surface area contributed by atoms with Crippen molar-refractivity contribution in [2.45, 2.75) is 26.9 Å². The van der Waals surface area contributed by atoms with Gasteiger partial charge >= 0.3 is 0 Å². The molecule has 3 aromatic carbocycles. The Morgan fingerprint density at radius 2 is 1.72 bits per heavy atom. The van der Waals surface area contributed by atoms with E-state index >= 15 is 0 Å². The SMILES string of the molecule is COc1ccccc1C(=O)NCc1nc2ccccc2n1CCOc1cc(C)cc(C)c1. The molecule has 0 fully saturated rings. The van der Waals surface area contributed by atoms with E-state index in [0.29, 0.717) is 31.0 Å². The Balaban J connectivity index is 1.50. The number of rotatable bonds is 8. The topological polar surface area (TPSA) is 65.4 Å². The van der Waals surface area contributed by atoms with E-state index in [1.165, 1.54) is 11.1 Å². The summed E-state index contributed by atoms with van der Waals surface area (Å²) in [6.07, 6.45) is 0. The van der Waals surface area contributed by atoms with E-state index in [2.05, 4.69) is 29.8 Å². The minimum Gasteiger partial charge on any atom is -0.496 e. The summed E-state index contributed by atoms with van der Waals surface area (Å²) in [4.78, 5) is 17.5. The number of benzene rings is 3. The zero-order valence-electron chi connectivity index (χ0n) is 18.6. The van der Waals surface area contributed by atoms with E-state index in [1.807, 2.05) is 48.5 Å². The predicted octanol–water partition coefficient (Wildman–Crippen LogP) is 4.67. The van der Waals surface area contributed by atoms with Gasteiger partial charge in [0.1, 0.15) is 23.9 Å². The average molecular weight is 430 g/mol. The summed E-state index contributed by atoms with van der Waals surface area (Å²) >= 11 is 0. The number of carbonyl (C=O) groups excluding carboxylic acids is 1. The van der Waals surface area contributed by atoms with E-state index in [1.54, 1.807) is 19.2 Å². The van der Waals surface area contributed by atoms with Crippen LogP contribution in [0.3, 0.4) is 0 Å². The molecule has 0 atom stereocenters. The third-order valence-electron chi connectivity index (χ3n) is 5.27. The predicted molar refractivity (Wildman–Crippen MR) is 125 cm³/mol. The molecule has 0 aliphatic rings. The summed E-state index contributed by atoms with van der Waals surface area (Å²) in [6, 6.07) is 21.3. The van der Waals surface area contributed by atoms with Gasteiger partial charge in [0.2, 0.25) is 0 Å². The van der Waals surface area contributed by atoms with Crippen LogP contribution in [-0.2, 0) is 13.1 Å². The number of hydrogen-bond acceptors (Lipinski definition) is 4. The third kappa shape index (κ3) is 4.75. The Labute approximate surface area is 187 Å². The number of ether oxygens (including phenoxy) is 2. The largest absolute Gasteiger partial charge is 0.496 e. The average Bonchev–Trinajstić information content (AvgIpc) is 3.14. The van der Waals surface area contributed by atoms with Gasteiger partial charge in [-0.1, -0.05) is 30.3 Å². The van der Waals surface area contributed by atoms with Crippen molar-refractivity contribution in [1.82, 2.24) is 14.9 Å². The number of fused-ring (bicyclic) bond motifs is 1. The lowest BCUT2D eigenvalue weighted by molar-refractivity contribution is 0.0946. The maximum atomic E-state index is 12.7. The van der Waals surface area contributed by atoms with Crippen LogP contribution in [-0.4, -0.2) is 29.2 Å². The Morgan fingerprint density at radius 1 is 1.00 bits per heavy atom. The van der Waals surface area contributed by atoms with Gasteiger partial charge in [0.25, 0.3) is 5.91 Å². The first-order valence-electron chi connectivity index (χ1n) is 10.6. The minimum atomic E-state index is -0.201. The quantitative estimate of drug-likeness (QED) is 0.442. The van der Waals surface area contributed by atoms with Gasteiger partial charge in [-0.2, -0.15) is 0 Å². The van der Waals surface area contributed by atoms with Crippen molar-refractivity contribution < 1.29 is 14.3 Å². The van der Waals surface area contributed by atoms with Crippen LogP contribution >= 0.6 is 0 Å². The standard InChI is InChI=1S/C26H27N3O3/c1-18-14-19(2)16-20(15-18)32-13-12-29-23-10-6-5-9-22(23)28-25(29)17-27-26(30)21-8-4-7-11-24(21)31-3/h4-11,14-16H,12-13,17H2,1-3H3,(H,27,30). The zero-order valence-corrected chi connectivity index (χ0v) is 18.6. The minimum absolute atomic E-state index is 0.201. The van der Waals surface area contributed by atoms with Crippen LogP contribution in [0.4, 0.5) is 0 Å². The summed E-state index contributed by atoms with van der Waals surface area (Å²) in [5.41, 5.74) is 4.75. The Kier molecular flexibility index (Phi) is 6.40. The summed E-state index contributed by atoms with van der Waals surface area (Å²) in [7, 11) is 1.56. The van der Waals surface area contributed by atoms with Crippen LogP contribution in [0.25, 0.3) is 11.0 Å². The first kappa shape index (κ1) is 21.4. The fraction of sp³-hybridized carbons (Fsp3) is 0.231. The van der Waals surface area contributed by atoms with Crippen LogP contribution in [0.5, 0.6) is 11.5 Å². The van der Waals surface area contributed by atoms with Crippen LogP contribution in [0.15, 0.2) is 66.7 Å². The van der Waals surface area contributed by atoms with Crippen LogP contribution in [0, 0.1) is 13.8 Å². The molecule has 0 aliphatic carbocycles. The zero-order chi connectivity index (χ0) is 22.5. The maximum absolute atomic E-state index is 12.7. The molecular formula is C26H27N3O3. The Morgan fingerprint density at radius 3 is 2.50 bits per heavy atom. The van der Waals surface area contributed by atoms with E-state index in [0.717, 1.165) is 22.6 Å². The number of nitrogens with one attached hydrogen (secondary N) is 1. The highest BCUT2D eigenvalue weighted by Crippen LogP contribution is 2.20. The molecule has 6 nitrogen and oxygen atoms in total. The summed E-state index contributed by atoms with van der Waals surface area (Å²) < 4.78 is 13.4. The van der Waals surface area contributed by atoms with Gasteiger partial charge in [-0.05, 0) is 61.4 Å². The molecule has 4 aromatic rings. The molecule has 0 spiro atoms. The molecular weight excluding hydrogens is 402 g/mol. The molecule has 0 saturated carbocycles. The molecule has 1 heterocycles. The van der Waals surface area contributed by atoms with Gasteiger partial charge in [-0.25, -0.2) is 4.98 Å². The van der Waals surface area contributed by atoms with Gasteiger partial charge in [0.15, 0.2) is 0 Å². The lowest BCUT2D eigenvalue weighted by Crippen LogP contribution is -2.25. The number of carbonyl (C=O) groups is 1. The van der Waals surface area contributed by atoms with Crippen LogP contribution in [0.2, 0.25) is 0 Å². The van der Waals surface area contributed by atoms with Crippen molar-refractivity contribution in [1.29, 1.82) is 0 Å². The smallest absolute Gasteiger partial charge is 0.255 e.